The SMILES string of the molecule is Cc1ccc(C2(C)NC(=O)N(Cc3ccc(F)cc3)C2=O)o1. The Morgan fingerprint density at radius 2 is 1.86 bits per heavy atom. The lowest BCUT2D eigenvalue weighted by Gasteiger charge is -2.19. The van der Waals surface area contributed by atoms with Crippen molar-refractivity contribution in [1.29, 1.82) is 0 Å². The van der Waals surface area contributed by atoms with Gasteiger partial charge in [-0.1, -0.05) is 12.1 Å². The molecule has 1 aromatic carbocycles. The molecule has 0 radical (unpaired) electrons. The number of urea groups is 1. The zero-order chi connectivity index (χ0) is 15.9. The molecule has 0 spiro atoms. The van der Waals surface area contributed by atoms with Crippen molar-refractivity contribution in [1.82, 2.24) is 10.2 Å². The summed E-state index contributed by atoms with van der Waals surface area (Å²) in [5.41, 5.74) is -0.546. The van der Waals surface area contributed by atoms with Crippen LogP contribution in [-0.2, 0) is 16.9 Å². The molecule has 0 bridgehead atoms. The van der Waals surface area contributed by atoms with Gasteiger partial charge in [-0.2, -0.15) is 0 Å². The lowest BCUT2D eigenvalue weighted by Crippen LogP contribution is -2.40. The van der Waals surface area contributed by atoms with E-state index in [1.165, 1.54) is 12.1 Å². The summed E-state index contributed by atoms with van der Waals surface area (Å²) in [5, 5.41) is 2.66. The van der Waals surface area contributed by atoms with Gasteiger partial charge in [0.25, 0.3) is 5.91 Å². The second-order valence-corrected chi connectivity index (χ2v) is 5.48. The first kappa shape index (κ1) is 14.3. The fourth-order valence-electron chi connectivity index (χ4n) is 2.48. The van der Waals surface area contributed by atoms with Gasteiger partial charge in [0.2, 0.25) is 0 Å². The summed E-state index contributed by atoms with van der Waals surface area (Å²) in [6, 6.07) is 8.60. The predicted molar refractivity (Wildman–Crippen MR) is 76.3 cm³/mol. The molecule has 5 nitrogen and oxygen atoms in total. The van der Waals surface area contributed by atoms with Crippen LogP contribution in [0, 0.1) is 12.7 Å². The molecule has 1 unspecified atom stereocenters. The van der Waals surface area contributed by atoms with E-state index in [4.69, 9.17) is 4.42 Å². The number of rotatable bonds is 3. The second kappa shape index (κ2) is 4.98. The normalized spacial score (nSPS) is 21.3. The molecular formula is C16H15FN2O3. The summed E-state index contributed by atoms with van der Waals surface area (Å²) >= 11 is 0. The topological polar surface area (TPSA) is 62.6 Å². The first-order valence-corrected chi connectivity index (χ1v) is 6.85. The highest BCUT2D eigenvalue weighted by atomic mass is 19.1. The minimum atomic E-state index is -1.22. The highest BCUT2D eigenvalue weighted by molar-refractivity contribution is 6.06. The molecule has 2 heterocycles. The van der Waals surface area contributed by atoms with Crippen molar-refractivity contribution < 1.29 is 18.4 Å². The van der Waals surface area contributed by atoms with Crippen LogP contribution in [0.5, 0.6) is 0 Å². The minimum absolute atomic E-state index is 0.0836. The Bertz CT molecular complexity index is 738. The van der Waals surface area contributed by atoms with E-state index in [9.17, 15) is 14.0 Å². The lowest BCUT2D eigenvalue weighted by atomic mass is 9.99. The Labute approximate surface area is 126 Å². The average Bonchev–Trinajstić information content (AvgIpc) is 3.00. The molecule has 1 atom stereocenters. The Hall–Kier alpha value is -2.63. The molecule has 1 N–H and O–H groups in total. The number of halogens is 1. The van der Waals surface area contributed by atoms with Gasteiger partial charge in [-0.05, 0) is 43.7 Å². The van der Waals surface area contributed by atoms with Gasteiger partial charge in [-0.25, -0.2) is 9.18 Å². The number of benzene rings is 1. The monoisotopic (exact) mass is 302 g/mol. The maximum Gasteiger partial charge on any atom is 0.325 e. The van der Waals surface area contributed by atoms with Crippen LogP contribution in [0.3, 0.4) is 0 Å². The third-order valence-corrected chi connectivity index (χ3v) is 3.76. The second-order valence-electron chi connectivity index (χ2n) is 5.48. The highest BCUT2D eigenvalue weighted by Gasteiger charge is 2.50. The Balaban J connectivity index is 1.86. The third kappa shape index (κ3) is 2.26. The highest BCUT2D eigenvalue weighted by Crippen LogP contribution is 2.30. The largest absolute Gasteiger partial charge is 0.463 e. The van der Waals surface area contributed by atoms with Crippen LogP contribution in [0.15, 0.2) is 40.8 Å². The molecule has 22 heavy (non-hydrogen) atoms. The number of carbonyl (C=O) groups is 2. The van der Waals surface area contributed by atoms with E-state index in [1.807, 2.05) is 0 Å². The molecule has 1 fully saturated rings. The number of nitrogens with zero attached hydrogens (tertiary/aromatic N) is 1. The third-order valence-electron chi connectivity index (χ3n) is 3.76. The molecule has 0 saturated carbocycles. The molecule has 1 saturated heterocycles. The first-order chi connectivity index (χ1) is 10.4. The number of imide groups is 1. The lowest BCUT2D eigenvalue weighted by molar-refractivity contribution is -0.132. The maximum atomic E-state index is 12.9. The summed E-state index contributed by atoms with van der Waals surface area (Å²) in [5.74, 6) is 0.299. The van der Waals surface area contributed by atoms with E-state index in [2.05, 4.69) is 5.32 Å². The Morgan fingerprint density at radius 1 is 1.18 bits per heavy atom. The zero-order valence-corrected chi connectivity index (χ0v) is 12.2. The van der Waals surface area contributed by atoms with Crippen molar-refractivity contribution in [3.05, 3.63) is 59.3 Å². The van der Waals surface area contributed by atoms with Crippen LogP contribution in [0.2, 0.25) is 0 Å². The van der Waals surface area contributed by atoms with Crippen molar-refractivity contribution >= 4 is 11.9 Å². The molecule has 1 aliphatic heterocycles. The van der Waals surface area contributed by atoms with Crippen LogP contribution in [0.25, 0.3) is 0 Å². The van der Waals surface area contributed by atoms with Gasteiger partial charge in [-0.3, -0.25) is 9.69 Å². The van der Waals surface area contributed by atoms with Crippen molar-refractivity contribution in [2.75, 3.05) is 0 Å². The summed E-state index contributed by atoms with van der Waals surface area (Å²) in [6.07, 6.45) is 0. The van der Waals surface area contributed by atoms with Crippen molar-refractivity contribution in [2.24, 2.45) is 0 Å². The quantitative estimate of drug-likeness (QED) is 0.887. The van der Waals surface area contributed by atoms with Crippen molar-refractivity contribution in [3.8, 4) is 0 Å². The van der Waals surface area contributed by atoms with E-state index in [1.54, 1.807) is 38.1 Å². The van der Waals surface area contributed by atoms with Gasteiger partial charge in [0.15, 0.2) is 5.54 Å². The summed E-state index contributed by atoms with van der Waals surface area (Å²) in [7, 11) is 0. The van der Waals surface area contributed by atoms with Gasteiger partial charge in [-0.15, -0.1) is 0 Å². The van der Waals surface area contributed by atoms with Gasteiger partial charge in [0, 0.05) is 0 Å². The number of aryl methyl sites for hydroxylation is 1. The van der Waals surface area contributed by atoms with E-state index in [0.717, 1.165) is 4.90 Å². The number of hydrogen-bond acceptors (Lipinski definition) is 3. The van der Waals surface area contributed by atoms with Gasteiger partial charge in [0.05, 0.1) is 6.54 Å². The molecule has 3 amide bonds. The van der Waals surface area contributed by atoms with Crippen LogP contribution >= 0.6 is 0 Å². The molecule has 6 heteroatoms. The molecule has 0 aliphatic carbocycles. The molecule has 3 rings (SSSR count). The van der Waals surface area contributed by atoms with Gasteiger partial charge < -0.3 is 9.73 Å². The molecule has 114 valence electrons. The fourth-order valence-corrected chi connectivity index (χ4v) is 2.48. The first-order valence-electron chi connectivity index (χ1n) is 6.85. The van der Waals surface area contributed by atoms with Crippen LogP contribution in [0.1, 0.15) is 24.0 Å². The average molecular weight is 302 g/mol. The predicted octanol–water partition coefficient (Wildman–Crippen LogP) is 2.69. The number of nitrogens with one attached hydrogen (secondary N) is 1. The zero-order valence-electron chi connectivity index (χ0n) is 12.2. The van der Waals surface area contributed by atoms with Crippen molar-refractivity contribution in [2.45, 2.75) is 25.9 Å². The van der Waals surface area contributed by atoms with E-state index >= 15 is 0 Å². The molecule has 1 aromatic heterocycles. The number of hydrogen-bond donors (Lipinski definition) is 1. The summed E-state index contributed by atoms with van der Waals surface area (Å²) < 4.78 is 18.4. The number of carbonyl (C=O) groups excluding carboxylic acids is 2. The Morgan fingerprint density at radius 3 is 2.45 bits per heavy atom. The molecular weight excluding hydrogens is 287 g/mol. The molecule has 1 aliphatic rings. The van der Waals surface area contributed by atoms with E-state index in [-0.39, 0.29) is 12.4 Å². The van der Waals surface area contributed by atoms with E-state index < -0.39 is 17.5 Å². The Kier molecular flexibility index (Phi) is 3.24. The minimum Gasteiger partial charge on any atom is -0.463 e. The standard InChI is InChI=1S/C16H15FN2O3/c1-10-3-8-13(22-10)16(2)14(20)19(15(21)18-16)9-11-4-6-12(17)7-5-11/h3-8H,9H2,1-2H3,(H,18,21). The fraction of sp³-hybridized carbons (Fsp3) is 0.250. The smallest absolute Gasteiger partial charge is 0.325 e. The summed E-state index contributed by atoms with van der Waals surface area (Å²) in [4.78, 5) is 25.9. The van der Waals surface area contributed by atoms with Crippen molar-refractivity contribution in [3.63, 3.8) is 0 Å². The van der Waals surface area contributed by atoms with Gasteiger partial charge in [0.1, 0.15) is 17.3 Å². The number of amides is 3. The van der Waals surface area contributed by atoms with E-state index in [0.29, 0.717) is 17.1 Å². The van der Waals surface area contributed by atoms with Crippen LogP contribution < -0.4 is 5.32 Å². The number of furan rings is 1. The summed E-state index contributed by atoms with van der Waals surface area (Å²) in [6.45, 7) is 3.46. The van der Waals surface area contributed by atoms with Crippen LogP contribution in [-0.4, -0.2) is 16.8 Å². The van der Waals surface area contributed by atoms with Crippen LogP contribution in [0.4, 0.5) is 9.18 Å². The maximum absolute atomic E-state index is 12.9. The molecule has 2 aromatic rings. The van der Waals surface area contributed by atoms with Gasteiger partial charge >= 0.3 is 6.03 Å².